The quantitative estimate of drug-likeness (QED) is 0.781. The van der Waals surface area contributed by atoms with Crippen molar-refractivity contribution in [2.45, 2.75) is 44.4 Å². The molecule has 1 heterocycles. The van der Waals surface area contributed by atoms with Crippen LogP contribution in [0.25, 0.3) is 0 Å². The molecule has 2 aromatic rings. The highest BCUT2D eigenvalue weighted by atomic mass is 35.5. The molecule has 0 spiro atoms. The fourth-order valence-corrected chi connectivity index (χ4v) is 3.92. The normalized spacial score (nSPS) is 16.4. The molecule has 0 saturated heterocycles. The van der Waals surface area contributed by atoms with E-state index in [1.807, 2.05) is 0 Å². The minimum atomic E-state index is -0.601. The molecular formula is C19H19ClN2O3. The lowest BCUT2D eigenvalue weighted by Crippen LogP contribution is -2.26. The minimum Gasteiger partial charge on any atom is -0.507 e. The third kappa shape index (κ3) is 2.93. The van der Waals surface area contributed by atoms with E-state index in [0.717, 1.165) is 43.4 Å². The second-order valence-electron chi connectivity index (χ2n) is 6.77. The second-order valence-corrected chi connectivity index (χ2v) is 7.18. The van der Waals surface area contributed by atoms with E-state index in [2.05, 4.69) is 10.3 Å². The zero-order valence-electron chi connectivity index (χ0n) is 13.7. The largest absolute Gasteiger partial charge is 0.507 e. The summed E-state index contributed by atoms with van der Waals surface area (Å²) in [7, 11) is 0. The van der Waals surface area contributed by atoms with E-state index in [9.17, 15) is 14.7 Å². The summed E-state index contributed by atoms with van der Waals surface area (Å²) in [6.07, 6.45) is 5.38. The zero-order valence-corrected chi connectivity index (χ0v) is 14.4. The van der Waals surface area contributed by atoms with E-state index in [0.29, 0.717) is 28.6 Å². The number of fused-ring (bicyclic) bond motifs is 1. The Kier molecular flexibility index (Phi) is 4.04. The number of aromatic hydroxyl groups is 1. The van der Waals surface area contributed by atoms with Gasteiger partial charge in [0.25, 0.3) is 11.5 Å². The number of rotatable bonds is 3. The molecule has 2 aliphatic carbocycles. The monoisotopic (exact) mass is 358 g/mol. The molecule has 0 radical (unpaired) electrons. The third-order valence-corrected chi connectivity index (χ3v) is 5.33. The Labute approximate surface area is 150 Å². The van der Waals surface area contributed by atoms with Gasteiger partial charge in [-0.1, -0.05) is 17.7 Å². The summed E-state index contributed by atoms with van der Waals surface area (Å²) >= 11 is 6.28. The summed E-state index contributed by atoms with van der Waals surface area (Å²) in [6, 6.07) is 5.34. The number of nitrogens with one attached hydrogen (secondary N) is 2. The van der Waals surface area contributed by atoms with Crippen LogP contribution in [0, 0.1) is 0 Å². The molecule has 1 amide bonds. The summed E-state index contributed by atoms with van der Waals surface area (Å²) < 4.78 is 0. The fourth-order valence-electron chi connectivity index (χ4n) is 3.59. The molecule has 25 heavy (non-hydrogen) atoms. The number of carbonyl (C=O) groups excluding carboxylic acids is 1. The molecule has 1 aromatic carbocycles. The van der Waals surface area contributed by atoms with Crippen LogP contribution in [0.5, 0.6) is 5.75 Å². The van der Waals surface area contributed by atoms with Crippen LogP contribution in [-0.2, 0) is 12.8 Å². The van der Waals surface area contributed by atoms with Crippen LogP contribution in [0.4, 0.5) is 5.69 Å². The van der Waals surface area contributed by atoms with Crippen molar-refractivity contribution in [3.05, 3.63) is 56.0 Å². The number of aromatic amines is 1. The predicted octanol–water partition coefficient (Wildman–Crippen LogP) is 3.74. The van der Waals surface area contributed by atoms with Crippen LogP contribution in [0.3, 0.4) is 0 Å². The predicted molar refractivity (Wildman–Crippen MR) is 96.7 cm³/mol. The Morgan fingerprint density at radius 3 is 2.76 bits per heavy atom. The van der Waals surface area contributed by atoms with E-state index in [1.165, 1.54) is 0 Å². The van der Waals surface area contributed by atoms with Gasteiger partial charge in [-0.3, -0.25) is 9.59 Å². The Morgan fingerprint density at radius 2 is 2.00 bits per heavy atom. The Bertz CT molecular complexity index is 916. The van der Waals surface area contributed by atoms with E-state index in [1.54, 1.807) is 18.2 Å². The lowest BCUT2D eigenvalue weighted by atomic mass is 9.93. The molecule has 5 nitrogen and oxygen atoms in total. The standard InChI is InChI=1S/C19H19ClN2O3/c20-12-5-3-7-14(15(12)10-8-9-10)22-19(25)16-17(23)11-4-1-2-6-13(11)21-18(16)24/h3,5,7,10H,1-2,4,6,8-9H2,(H,22,25)(H2,21,23,24). The van der Waals surface area contributed by atoms with Gasteiger partial charge in [0, 0.05) is 22.0 Å². The number of aromatic nitrogens is 1. The number of halogens is 1. The first-order valence-electron chi connectivity index (χ1n) is 8.63. The number of benzene rings is 1. The molecule has 130 valence electrons. The lowest BCUT2D eigenvalue weighted by molar-refractivity contribution is 0.102. The first-order chi connectivity index (χ1) is 12.1. The number of carbonyl (C=O) groups is 1. The maximum Gasteiger partial charge on any atom is 0.265 e. The average Bonchev–Trinajstić information content (AvgIpc) is 3.39. The number of amides is 1. The first kappa shape index (κ1) is 16.2. The van der Waals surface area contributed by atoms with Gasteiger partial charge in [0.2, 0.25) is 0 Å². The summed E-state index contributed by atoms with van der Waals surface area (Å²) in [4.78, 5) is 27.8. The smallest absolute Gasteiger partial charge is 0.265 e. The van der Waals surface area contributed by atoms with Gasteiger partial charge in [0.05, 0.1) is 0 Å². The highest BCUT2D eigenvalue weighted by Gasteiger charge is 2.30. The molecule has 4 rings (SSSR count). The van der Waals surface area contributed by atoms with Crippen LogP contribution in [0.15, 0.2) is 23.0 Å². The molecule has 0 bridgehead atoms. The Morgan fingerprint density at radius 1 is 1.24 bits per heavy atom. The van der Waals surface area contributed by atoms with Gasteiger partial charge in [-0.05, 0) is 62.1 Å². The maximum absolute atomic E-state index is 12.7. The SMILES string of the molecule is O=C(Nc1cccc(Cl)c1C1CC1)c1c(O)c2c([nH]c1=O)CCCC2. The summed E-state index contributed by atoms with van der Waals surface area (Å²) in [6.45, 7) is 0. The average molecular weight is 359 g/mol. The molecule has 1 fully saturated rings. The molecular weight excluding hydrogens is 340 g/mol. The van der Waals surface area contributed by atoms with Crippen molar-refractivity contribution < 1.29 is 9.90 Å². The van der Waals surface area contributed by atoms with Crippen molar-refractivity contribution in [1.29, 1.82) is 0 Å². The number of aryl methyl sites for hydroxylation is 1. The van der Waals surface area contributed by atoms with Gasteiger partial charge in [-0.15, -0.1) is 0 Å². The Hall–Kier alpha value is -2.27. The van der Waals surface area contributed by atoms with Crippen LogP contribution >= 0.6 is 11.6 Å². The molecule has 1 saturated carbocycles. The third-order valence-electron chi connectivity index (χ3n) is 5.00. The zero-order chi connectivity index (χ0) is 17.6. The van der Waals surface area contributed by atoms with Crippen LogP contribution < -0.4 is 10.9 Å². The van der Waals surface area contributed by atoms with Gasteiger partial charge in [-0.25, -0.2) is 0 Å². The van der Waals surface area contributed by atoms with Crippen molar-refractivity contribution in [3.8, 4) is 5.75 Å². The summed E-state index contributed by atoms with van der Waals surface area (Å²) in [5.41, 5.74) is 2.17. The molecule has 1 aromatic heterocycles. The van der Waals surface area contributed by atoms with Crippen LogP contribution in [0.2, 0.25) is 5.02 Å². The van der Waals surface area contributed by atoms with Gasteiger partial charge >= 0.3 is 0 Å². The first-order valence-corrected chi connectivity index (χ1v) is 9.01. The van der Waals surface area contributed by atoms with E-state index in [4.69, 9.17) is 11.6 Å². The molecule has 0 unspecified atom stereocenters. The van der Waals surface area contributed by atoms with Gasteiger partial charge in [0.15, 0.2) is 0 Å². The number of H-pyrrole nitrogens is 1. The number of hydrogen-bond acceptors (Lipinski definition) is 3. The van der Waals surface area contributed by atoms with E-state index in [-0.39, 0.29) is 11.3 Å². The topological polar surface area (TPSA) is 82.2 Å². The van der Waals surface area contributed by atoms with E-state index < -0.39 is 11.5 Å². The molecule has 6 heteroatoms. The van der Waals surface area contributed by atoms with Crippen molar-refractivity contribution in [2.75, 3.05) is 5.32 Å². The van der Waals surface area contributed by atoms with Gasteiger partial charge in [0.1, 0.15) is 11.3 Å². The maximum atomic E-state index is 12.7. The highest BCUT2D eigenvalue weighted by molar-refractivity contribution is 6.32. The summed E-state index contributed by atoms with van der Waals surface area (Å²) in [5.74, 6) is -0.443. The lowest BCUT2D eigenvalue weighted by Gasteiger charge is -2.18. The molecule has 3 N–H and O–H groups in total. The van der Waals surface area contributed by atoms with Crippen molar-refractivity contribution in [2.24, 2.45) is 0 Å². The van der Waals surface area contributed by atoms with Crippen LogP contribution in [-0.4, -0.2) is 16.0 Å². The fraction of sp³-hybridized carbons (Fsp3) is 0.368. The van der Waals surface area contributed by atoms with Crippen molar-refractivity contribution >= 4 is 23.2 Å². The van der Waals surface area contributed by atoms with Gasteiger partial charge in [-0.2, -0.15) is 0 Å². The molecule has 0 atom stereocenters. The van der Waals surface area contributed by atoms with Crippen molar-refractivity contribution in [3.63, 3.8) is 0 Å². The van der Waals surface area contributed by atoms with Crippen molar-refractivity contribution in [1.82, 2.24) is 4.98 Å². The van der Waals surface area contributed by atoms with E-state index >= 15 is 0 Å². The summed E-state index contributed by atoms with van der Waals surface area (Å²) in [5, 5.41) is 13.9. The molecule has 2 aliphatic rings. The Balaban J connectivity index is 1.71. The minimum absolute atomic E-state index is 0.189. The van der Waals surface area contributed by atoms with Crippen LogP contribution in [0.1, 0.15) is 58.8 Å². The highest BCUT2D eigenvalue weighted by Crippen LogP contribution is 2.46. The number of pyridine rings is 1. The number of hydrogen-bond donors (Lipinski definition) is 3. The molecule has 0 aliphatic heterocycles. The second kappa shape index (κ2) is 6.23. The van der Waals surface area contributed by atoms with Gasteiger partial charge < -0.3 is 15.4 Å². The number of anilines is 1.